The number of aryl methyl sites for hydroxylation is 1. The summed E-state index contributed by atoms with van der Waals surface area (Å²) in [5.41, 5.74) is 6.42. The average Bonchev–Trinajstić information content (AvgIpc) is 4.14. The van der Waals surface area contributed by atoms with Crippen molar-refractivity contribution in [2.24, 2.45) is 5.92 Å². The zero-order valence-electron chi connectivity index (χ0n) is 35.4. The summed E-state index contributed by atoms with van der Waals surface area (Å²) in [4.78, 5) is 79.5. The fraction of sp³-hybridized carbons (Fsp3) is 0.396. The van der Waals surface area contributed by atoms with E-state index < -0.39 is 29.7 Å². The molecule has 3 N–H and O–H groups in total. The molecule has 2 atom stereocenters. The Morgan fingerprint density at radius 3 is 2.39 bits per heavy atom. The first kappa shape index (κ1) is 41.6. The van der Waals surface area contributed by atoms with Crippen LogP contribution in [-0.2, 0) is 38.7 Å². The van der Waals surface area contributed by atoms with Crippen molar-refractivity contribution in [2.45, 2.75) is 88.9 Å². The van der Waals surface area contributed by atoms with E-state index in [9.17, 15) is 24.0 Å². The van der Waals surface area contributed by atoms with Crippen LogP contribution >= 0.6 is 11.3 Å². The maximum atomic E-state index is 15.9. The third kappa shape index (κ3) is 8.38. The number of thiazole rings is 1. The van der Waals surface area contributed by atoms with Gasteiger partial charge in [-0.3, -0.25) is 34.6 Å². The molecule has 5 aliphatic rings. The lowest BCUT2D eigenvalue weighted by atomic mass is 9.77. The number of imidazole rings is 1. The third-order valence-electron chi connectivity index (χ3n) is 13.8. The number of piperidine rings is 1. The van der Waals surface area contributed by atoms with E-state index in [0.29, 0.717) is 73.7 Å². The predicted molar refractivity (Wildman–Crippen MR) is 240 cm³/mol. The number of benzene rings is 3. The lowest BCUT2D eigenvalue weighted by Gasteiger charge is -2.37. The topological polar surface area (TPSA) is 162 Å². The summed E-state index contributed by atoms with van der Waals surface area (Å²) in [5.74, 6) is -0.820. The summed E-state index contributed by atoms with van der Waals surface area (Å²) in [6.45, 7) is 3.45. The minimum Gasteiger partial charge on any atom is -0.374 e. The third-order valence-corrected chi connectivity index (χ3v) is 14.4. The Morgan fingerprint density at radius 1 is 0.875 bits per heavy atom. The van der Waals surface area contributed by atoms with Gasteiger partial charge >= 0.3 is 0 Å². The second kappa shape index (κ2) is 17.6. The maximum Gasteiger partial charge on any atom is 0.255 e. The Balaban J connectivity index is 0.722. The molecule has 1 saturated carbocycles. The minimum absolute atomic E-state index is 0.0531. The molecule has 330 valence electrons. The molecule has 0 bridgehead atoms. The lowest BCUT2D eigenvalue weighted by molar-refractivity contribution is -0.134. The van der Waals surface area contributed by atoms with Gasteiger partial charge in [0.1, 0.15) is 11.9 Å². The number of anilines is 3. The van der Waals surface area contributed by atoms with Crippen LogP contribution in [0.25, 0.3) is 11.1 Å². The van der Waals surface area contributed by atoms with Crippen molar-refractivity contribution in [2.75, 3.05) is 41.7 Å². The molecule has 2 saturated heterocycles. The number of halogens is 1. The highest BCUT2D eigenvalue weighted by Gasteiger charge is 2.42. The molecular formula is C48H50FN9O5S. The first-order valence-electron chi connectivity index (χ1n) is 22.4. The molecule has 16 heteroatoms. The fourth-order valence-electron chi connectivity index (χ4n) is 10.2. The van der Waals surface area contributed by atoms with Crippen molar-refractivity contribution in [3.63, 3.8) is 0 Å². The minimum atomic E-state index is -1.05. The largest absolute Gasteiger partial charge is 0.374 e. The quantitative estimate of drug-likeness (QED) is 0.123. The number of amides is 5. The molecule has 0 radical (unpaired) electrons. The molecule has 3 fully saturated rings. The molecule has 14 nitrogen and oxygen atoms in total. The lowest BCUT2D eigenvalue weighted by Crippen LogP contribution is -2.49. The monoisotopic (exact) mass is 883 g/mol. The Bertz CT molecular complexity index is 2580. The SMILES string of the molecule is O=C1CC[C@@H](Nc2ccc(C3CCC(CC(=O)N4CCN(c5ccc(-c6cc(F)c7c(c6)C(=O)N([C@@H](C(=O)Nc6nccs6)c6ncn8c6CCC8)C7)cc5)CC4)CC3)cc2)C(=O)N1. The normalized spacial score (nSPS) is 21.4. The number of carbonyl (C=O) groups is 5. The van der Waals surface area contributed by atoms with Gasteiger partial charge in [-0.25, -0.2) is 14.4 Å². The van der Waals surface area contributed by atoms with Crippen LogP contribution < -0.4 is 20.9 Å². The Labute approximate surface area is 374 Å². The van der Waals surface area contributed by atoms with Crippen molar-refractivity contribution < 1.29 is 28.4 Å². The van der Waals surface area contributed by atoms with Gasteiger partial charge in [0.2, 0.25) is 17.7 Å². The number of aromatic nitrogens is 3. The molecule has 4 aliphatic heterocycles. The molecule has 3 aromatic carbocycles. The van der Waals surface area contributed by atoms with Gasteiger partial charge in [-0.05, 0) is 110 Å². The summed E-state index contributed by atoms with van der Waals surface area (Å²) >= 11 is 1.28. The molecule has 1 aliphatic carbocycles. The van der Waals surface area contributed by atoms with Gasteiger partial charge in [-0.15, -0.1) is 11.3 Å². The molecule has 0 unspecified atom stereocenters. The summed E-state index contributed by atoms with van der Waals surface area (Å²) in [7, 11) is 0. The Hall–Kier alpha value is -6.42. The summed E-state index contributed by atoms with van der Waals surface area (Å²) in [6.07, 6.45) is 10.5. The zero-order chi connectivity index (χ0) is 43.9. The van der Waals surface area contributed by atoms with Crippen LogP contribution in [0.1, 0.15) is 96.2 Å². The van der Waals surface area contributed by atoms with Crippen molar-refractivity contribution in [1.29, 1.82) is 0 Å². The Kier molecular flexibility index (Phi) is 11.5. The molecule has 0 spiro atoms. The number of imide groups is 1. The van der Waals surface area contributed by atoms with Crippen LogP contribution in [0.15, 0.2) is 78.6 Å². The number of hydrogen-bond acceptors (Lipinski definition) is 10. The van der Waals surface area contributed by atoms with E-state index in [4.69, 9.17) is 0 Å². The average molecular weight is 884 g/mol. The van der Waals surface area contributed by atoms with Crippen LogP contribution in [-0.4, -0.2) is 86.1 Å². The number of nitrogens with one attached hydrogen (secondary N) is 3. The highest BCUT2D eigenvalue weighted by molar-refractivity contribution is 7.13. The van der Waals surface area contributed by atoms with Crippen LogP contribution in [0.4, 0.5) is 20.9 Å². The second-order valence-corrected chi connectivity index (χ2v) is 18.5. The van der Waals surface area contributed by atoms with Gasteiger partial charge in [0, 0.05) is 85.3 Å². The molecule has 2 aromatic heterocycles. The fourth-order valence-corrected chi connectivity index (χ4v) is 10.7. The molecule has 64 heavy (non-hydrogen) atoms. The van der Waals surface area contributed by atoms with Crippen LogP contribution in [0.3, 0.4) is 0 Å². The van der Waals surface area contributed by atoms with E-state index >= 15 is 4.39 Å². The first-order chi connectivity index (χ1) is 31.1. The zero-order valence-corrected chi connectivity index (χ0v) is 36.2. The standard InChI is InChI=1S/C48H50FN9O5S/c49-38-26-33(25-36-37(38)27-58(47(36)63)44(46(62)54-48-50-17-23-64-48)43-40-2-1-18-57(40)28-51-43)32-9-13-35(14-10-32)55-19-21-56(22-20-55)42(60)24-29-3-5-30(6-4-29)31-7-11-34(12-8-31)52-39-15-16-41(59)53-45(39)61/h7-14,17,23,25-26,28-30,39,44,52H,1-6,15-16,18-22,24,27H2,(H,50,54,62)(H,53,59,61)/t29?,30?,39-,44-/m1/s1. The van der Waals surface area contributed by atoms with Crippen molar-refractivity contribution in [3.8, 4) is 11.1 Å². The number of hydrogen-bond donors (Lipinski definition) is 3. The molecule has 6 heterocycles. The summed E-state index contributed by atoms with van der Waals surface area (Å²) < 4.78 is 18.0. The van der Waals surface area contributed by atoms with Crippen molar-refractivity contribution >= 4 is 57.4 Å². The maximum absolute atomic E-state index is 15.9. The van der Waals surface area contributed by atoms with Crippen molar-refractivity contribution in [3.05, 3.63) is 112 Å². The molecule has 5 aromatic rings. The number of carbonyl (C=O) groups excluding carboxylic acids is 5. The van der Waals surface area contributed by atoms with Gasteiger partial charge < -0.3 is 24.6 Å². The van der Waals surface area contributed by atoms with Gasteiger partial charge in [0.05, 0.1) is 18.6 Å². The van der Waals surface area contributed by atoms with E-state index in [2.05, 4.69) is 43.0 Å². The number of nitrogens with zero attached hydrogens (tertiary/aromatic N) is 6. The first-order valence-corrected chi connectivity index (χ1v) is 23.2. The van der Waals surface area contributed by atoms with E-state index in [1.165, 1.54) is 27.9 Å². The van der Waals surface area contributed by atoms with Crippen LogP contribution in [0.2, 0.25) is 0 Å². The van der Waals surface area contributed by atoms with Crippen molar-refractivity contribution in [1.82, 2.24) is 29.7 Å². The number of piperazine rings is 1. The highest BCUT2D eigenvalue weighted by atomic mass is 32.1. The van der Waals surface area contributed by atoms with Crippen LogP contribution in [0.5, 0.6) is 0 Å². The van der Waals surface area contributed by atoms with E-state index in [-0.39, 0.29) is 35.4 Å². The molecular weight excluding hydrogens is 834 g/mol. The highest BCUT2D eigenvalue weighted by Crippen LogP contribution is 2.40. The smallest absolute Gasteiger partial charge is 0.255 e. The van der Waals surface area contributed by atoms with Crippen LogP contribution in [0, 0.1) is 11.7 Å². The van der Waals surface area contributed by atoms with Gasteiger partial charge in [0.15, 0.2) is 11.2 Å². The summed E-state index contributed by atoms with van der Waals surface area (Å²) in [5, 5.41) is 10.7. The number of rotatable bonds is 11. The van der Waals surface area contributed by atoms with E-state index in [1.807, 2.05) is 45.9 Å². The second-order valence-electron chi connectivity index (χ2n) is 17.6. The van der Waals surface area contributed by atoms with Gasteiger partial charge in [-0.1, -0.05) is 24.3 Å². The van der Waals surface area contributed by atoms with E-state index in [1.54, 1.807) is 24.0 Å². The molecule has 5 amide bonds. The molecule has 10 rings (SSSR count). The van der Waals surface area contributed by atoms with E-state index in [0.717, 1.165) is 67.7 Å². The van der Waals surface area contributed by atoms with Gasteiger partial charge in [0.25, 0.3) is 11.8 Å². The Morgan fingerprint density at radius 2 is 1.66 bits per heavy atom. The van der Waals surface area contributed by atoms with Gasteiger partial charge in [-0.2, -0.15) is 0 Å². The predicted octanol–water partition coefficient (Wildman–Crippen LogP) is 6.66. The summed E-state index contributed by atoms with van der Waals surface area (Å²) in [6, 6.07) is 17.9. The number of fused-ring (bicyclic) bond motifs is 2.